The zero-order valence-corrected chi connectivity index (χ0v) is 14.8. The topological polar surface area (TPSA) is 49.4 Å². The van der Waals surface area contributed by atoms with Crippen LogP contribution in [-0.2, 0) is 9.59 Å². The predicted octanol–water partition coefficient (Wildman–Crippen LogP) is 4.16. The fourth-order valence-corrected chi connectivity index (χ4v) is 3.04. The summed E-state index contributed by atoms with van der Waals surface area (Å²) in [5.41, 5.74) is 1.08. The van der Waals surface area contributed by atoms with Crippen molar-refractivity contribution in [3.8, 4) is 0 Å². The zero-order valence-electron chi connectivity index (χ0n) is 14.0. The summed E-state index contributed by atoms with van der Waals surface area (Å²) < 4.78 is 13.9. The van der Waals surface area contributed by atoms with Crippen LogP contribution >= 0.6 is 11.6 Å². The third-order valence-electron chi connectivity index (χ3n) is 4.23. The van der Waals surface area contributed by atoms with Gasteiger partial charge in [-0.2, -0.15) is 0 Å². The normalized spacial score (nSPS) is 14.5. The molecule has 4 nitrogen and oxygen atoms in total. The third-order valence-corrected chi connectivity index (χ3v) is 4.47. The summed E-state index contributed by atoms with van der Waals surface area (Å²) in [6.07, 6.45) is 2.85. The van der Waals surface area contributed by atoms with Crippen molar-refractivity contribution < 1.29 is 14.0 Å². The molecule has 0 atom stereocenters. The van der Waals surface area contributed by atoms with Crippen molar-refractivity contribution in [3.05, 3.63) is 40.2 Å². The number of carbonyl (C=O) groups excluding carboxylic acids is 2. The highest BCUT2D eigenvalue weighted by molar-refractivity contribution is 6.30. The van der Waals surface area contributed by atoms with E-state index in [1.165, 1.54) is 12.1 Å². The van der Waals surface area contributed by atoms with E-state index in [4.69, 9.17) is 11.6 Å². The Bertz CT molecular complexity index is 669. The average Bonchev–Trinajstić information content (AvgIpc) is 2.58. The van der Waals surface area contributed by atoms with E-state index in [0.29, 0.717) is 37.1 Å². The molecule has 0 aromatic heterocycles. The number of anilines is 1. The number of nitrogens with one attached hydrogen (secondary N) is 1. The van der Waals surface area contributed by atoms with Crippen LogP contribution in [0.4, 0.5) is 10.1 Å². The first-order chi connectivity index (χ1) is 11.5. The van der Waals surface area contributed by atoms with Crippen LogP contribution in [0.15, 0.2) is 29.3 Å². The van der Waals surface area contributed by atoms with E-state index in [1.54, 1.807) is 4.90 Å². The second-order valence-corrected chi connectivity index (χ2v) is 6.16. The van der Waals surface area contributed by atoms with Gasteiger partial charge < -0.3 is 10.2 Å². The Morgan fingerprint density at radius 2 is 1.79 bits per heavy atom. The van der Waals surface area contributed by atoms with Gasteiger partial charge in [0.1, 0.15) is 5.82 Å². The van der Waals surface area contributed by atoms with E-state index in [1.807, 2.05) is 13.8 Å². The van der Waals surface area contributed by atoms with Gasteiger partial charge in [0.15, 0.2) is 0 Å². The first-order valence-corrected chi connectivity index (χ1v) is 8.63. The summed E-state index contributed by atoms with van der Waals surface area (Å²) in [6.45, 7) is 5.01. The summed E-state index contributed by atoms with van der Waals surface area (Å²) in [7, 11) is 0. The lowest BCUT2D eigenvalue weighted by molar-refractivity contribution is -0.127. The monoisotopic (exact) mass is 352 g/mol. The van der Waals surface area contributed by atoms with Crippen LogP contribution < -0.4 is 5.32 Å². The van der Waals surface area contributed by atoms with Gasteiger partial charge in [-0.3, -0.25) is 9.59 Å². The SMILES string of the molecule is CCN(CC)C(=O)C1=C(C(=O)Nc2ccc(Cl)cc2F)CCCC1. The molecular formula is C18H22ClFN2O2. The minimum atomic E-state index is -0.594. The number of likely N-dealkylation sites (N-methyl/N-ethyl adjacent to an activating group) is 1. The Kier molecular flexibility index (Phi) is 6.37. The van der Waals surface area contributed by atoms with E-state index in [9.17, 15) is 14.0 Å². The standard InChI is InChI=1S/C18H22ClFN2O2/c1-3-22(4-2)18(24)14-8-6-5-7-13(14)17(23)21-16-10-9-12(19)11-15(16)20/h9-11H,3-8H2,1-2H3,(H,21,23). The molecule has 0 aliphatic heterocycles. The van der Waals surface area contributed by atoms with Crippen molar-refractivity contribution in [2.45, 2.75) is 39.5 Å². The third kappa shape index (κ3) is 4.15. The molecule has 6 heteroatoms. The Morgan fingerprint density at radius 1 is 1.17 bits per heavy atom. The molecule has 1 aliphatic rings. The molecule has 24 heavy (non-hydrogen) atoms. The highest BCUT2D eigenvalue weighted by atomic mass is 35.5. The summed E-state index contributed by atoms with van der Waals surface area (Å²) in [6, 6.07) is 4.08. The predicted molar refractivity (Wildman–Crippen MR) is 93.5 cm³/mol. The van der Waals surface area contributed by atoms with Gasteiger partial charge in [0, 0.05) is 29.3 Å². The number of nitrogens with zero attached hydrogens (tertiary/aromatic N) is 1. The molecule has 0 fully saturated rings. The first-order valence-electron chi connectivity index (χ1n) is 8.25. The number of rotatable bonds is 5. The van der Waals surface area contributed by atoms with Gasteiger partial charge in [0.2, 0.25) is 5.91 Å². The lowest BCUT2D eigenvalue weighted by Gasteiger charge is -2.25. The molecule has 1 aromatic carbocycles. The molecule has 0 bridgehead atoms. The molecule has 130 valence electrons. The zero-order chi connectivity index (χ0) is 17.7. The van der Waals surface area contributed by atoms with E-state index in [-0.39, 0.29) is 16.6 Å². The van der Waals surface area contributed by atoms with E-state index >= 15 is 0 Å². The lowest BCUT2D eigenvalue weighted by atomic mass is 9.90. The Balaban J connectivity index is 2.27. The van der Waals surface area contributed by atoms with Crippen molar-refractivity contribution in [1.82, 2.24) is 4.90 Å². The number of hydrogen-bond acceptors (Lipinski definition) is 2. The molecule has 2 amide bonds. The second kappa shape index (κ2) is 8.29. The molecule has 0 saturated heterocycles. The molecule has 1 aromatic rings. The van der Waals surface area contributed by atoms with Gasteiger partial charge in [-0.05, 0) is 57.7 Å². The van der Waals surface area contributed by atoms with Gasteiger partial charge >= 0.3 is 0 Å². The molecular weight excluding hydrogens is 331 g/mol. The molecule has 0 spiro atoms. The molecule has 1 N–H and O–H groups in total. The maximum Gasteiger partial charge on any atom is 0.252 e. The fraction of sp³-hybridized carbons (Fsp3) is 0.444. The number of carbonyl (C=O) groups is 2. The highest BCUT2D eigenvalue weighted by Crippen LogP contribution is 2.28. The van der Waals surface area contributed by atoms with Gasteiger partial charge in [-0.25, -0.2) is 4.39 Å². The van der Waals surface area contributed by atoms with Crippen molar-refractivity contribution in [1.29, 1.82) is 0 Å². The van der Waals surface area contributed by atoms with E-state index < -0.39 is 11.7 Å². The maximum absolute atomic E-state index is 13.9. The Hall–Kier alpha value is -1.88. The van der Waals surface area contributed by atoms with E-state index in [0.717, 1.165) is 18.9 Å². The second-order valence-electron chi connectivity index (χ2n) is 5.72. The van der Waals surface area contributed by atoms with Crippen molar-refractivity contribution in [2.24, 2.45) is 0 Å². The lowest BCUT2D eigenvalue weighted by Crippen LogP contribution is -2.34. The smallest absolute Gasteiger partial charge is 0.252 e. The van der Waals surface area contributed by atoms with Gasteiger partial charge in [0.05, 0.1) is 5.69 Å². The average molecular weight is 353 g/mol. The van der Waals surface area contributed by atoms with Crippen LogP contribution in [0.3, 0.4) is 0 Å². The van der Waals surface area contributed by atoms with Crippen LogP contribution in [-0.4, -0.2) is 29.8 Å². The van der Waals surface area contributed by atoms with Crippen LogP contribution in [0.5, 0.6) is 0 Å². The van der Waals surface area contributed by atoms with E-state index in [2.05, 4.69) is 5.32 Å². The van der Waals surface area contributed by atoms with Crippen LogP contribution in [0.25, 0.3) is 0 Å². The number of benzene rings is 1. The van der Waals surface area contributed by atoms with Crippen molar-refractivity contribution in [2.75, 3.05) is 18.4 Å². The Morgan fingerprint density at radius 3 is 2.38 bits per heavy atom. The summed E-state index contributed by atoms with van der Waals surface area (Å²) >= 11 is 5.72. The first kappa shape index (κ1) is 18.5. The summed E-state index contributed by atoms with van der Waals surface area (Å²) in [4.78, 5) is 26.9. The molecule has 2 rings (SSSR count). The van der Waals surface area contributed by atoms with Crippen LogP contribution in [0, 0.1) is 5.82 Å². The maximum atomic E-state index is 13.9. The van der Waals surface area contributed by atoms with Gasteiger partial charge in [-0.15, -0.1) is 0 Å². The molecule has 0 saturated carbocycles. The van der Waals surface area contributed by atoms with Crippen LogP contribution in [0.2, 0.25) is 5.02 Å². The number of amides is 2. The molecule has 1 aliphatic carbocycles. The van der Waals surface area contributed by atoms with Gasteiger partial charge in [-0.1, -0.05) is 11.6 Å². The minimum absolute atomic E-state index is 0.0668. The van der Waals surface area contributed by atoms with Crippen molar-refractivity contribution >= 4 is 29.1 Å². The van der Waals surface area contributed by atoms with Crippen LogP contribution in [0.1, 0.15) is 39.5 Å². The summed E-state index contributed by atoms with van der Waals surface area (Å²) in [5.74, 6) is -1.10. The minimum Gasteiger partial charge on any atom is -0.339 e. The van der Waals surface area contributed by atoms with Gasteiger partial charge in [0.25, 0.3) is 5.91 Å². The molecule has 0 radical (unpaired) electrons. The highest BCUT2D eigenvalue weighted by Gasteiger charge is 2.26. The molecule has 0 unspecified atom stereocenters. The fourth-order valence-electron chi connectivity index (χ4n) is 2.88. The number of hydrogen-bond donors (Lipinski definition) is 1. The quantitative estimate of drug-likeness (QED) is 0.865. The number of halogens is 2. The molecule has 0 heterocycles. The largest absolute Gasteiger partial charge is 0.339 e. The van der Waals surface area contributed by atoms with Crippen molar-refractivity contribution in [3.63, 3.8) is 0 Å². The Labute approximate surface area is 146 Å². The summed E-state index contributed by atoms with van der Waals surface area (Å²) in [5, 5.41) is 2.83.